The molecule has 0 aromatic carbocycles. The first-order valence-electron chi connectivity index (χ1n) is 7.78. The van der Waals surface area contributed by atoms with Crippen LogP contribution in [-0.4, -0.2) is 29.9 Å². The van der Waals surface area contributed by atoms with Crippen LogP contribution in [0.25, 0.3) is 0 Å². The first-order chi connectivity index (χ1) is 8.85. The summed E-state index contributed by atoms with van der Waals surface area (Å²) in [6.45, 7) is 6.92. The van der Waals surface area contributed by atoms with Crippen LogP contribution >= 0.6 is 0 Å². The van der Waals surface area contributed by atoms with Crippen molar-refractivity contribution in [2.75, 3.05) is 0 Å². The molecule has 0 aliphatic carbocycles. The molecule has 0 N–H and O–H groups in total. The average molecular weight is 382 g/mol. The minimum absolute atomic E-state index is 0.796. The van der Waals surface area contributed by atoms with Gasteiger partial charge in [-0.25, -0.2) is 0 Å². The second-order valence-electron chi connectivity index (χ2n) is 4.82. The fourth-order valence-electron chi connectivity index (χ4n) is 1.62. The molecule has 0 spiro atoms. The van der Waals surface area contributed by atoms with E-state index in [4.69, 9.17) is 0 Å². The van der Waals surface area contributed by atoms with E-state index in [0.29, 0.717) is 0 Å². The van der Waals surface area contributed by atoms with Crippen molar-refractivity contribution in [2.45, 2.75) is 89.2 Å². The third-order valence-electron chi connectivity index (χ3n) is 2.89. The van der Waals surface area contributed by atoms with Crippen LogP contribution in [0, 0.1) is 0 Å². The Morgan fingerprint density at radius 3 is 2.11 bits per heavy atom. The van der Waals surface area contributed by atoms with Crippen molar-refractivity contribution in [3.63, 3.8) is 0 Å². The molecule has 0 radical (unpaired) electrons. The Balaban J connectivity index is 3.82. The SMILES string of the molecule is CCCCCC/C(=C/[Se]CCCC)[Se]CCCC. The van der Waals surface area contributed by atoms with Crippen LogP contribution < -0.4 is 0 Å². The topological polar surface area (TPSA) is 0 Å². The third kappa shape index (κ3) is 13.2. The van der Waals surface area contributed by atoms with Crippen molar-refractivity contribution >= 4 is 29.9 Å². The van der Waals surface area contributed by atoms with Crippen molar-refractivity contribution in [1.82, 2.24) is 0 Å². The van der Waals surface area contributed by atoms with Gasteiger partial charge in [0.15, 0.2) is 0 Å². The second kappa shape index (κ2) is 15.8. The molecule has 0 nitrogen and oxygen atoms in total. The molecule has 108 valence electrons. The molecule has 0 aromatic heterocycles. The molecule has 0 unspecified atom stereocenters. The maximum atomic E-state index is 2.66. The van der Waals surface area contributed by atoms with Gasteiger partial charge in [0.25, 0.3) is 0 Å². The van der Waals surface area contributed by atoms with E-state index in [1.807, 2.05) is 4.47 Å². The molecular weight excluding hydrogens is 350 g/mol. The first kappa shape index (κ1) is 18.8. The summed E-state index contributed by atoms with van der Waals surface area (Å²) in [5, 5.41) is 2.94. The average Bonchev–Trinajstić information content (AvgIpc) is 2.39. The van der Waals surface area contributed by atoms with E-state index >= 15 is 0 Å². The summed E-state index contributed by atoms with van der Waals surface area (Å²) in [5.74, 6) is 0. The molecule has 0 saturated heterocycles. The third-order valence-corrected chi connectivity index (χ3v) is 8.18. The summed E-state index contributed by atoms with van der Waals surface area (Å²) < 4.78 is 1.85. The van der Waals surface area contributed by atoms with E-state index < -0.39 is 0 Å². The Morgan fingerprint density at radius 2 is 1.44 bits per heavy atom. The van der Waals surface area contributed by atoms with Gasteiger partial charge < -0.3 is 0 Å². The molecule has 0 atom stereocenters. The first-order valence-corrected chi connectivity index (χ1v) is 12.0. The van der Waals surface area contributed by atoms with Crippen molar-refractivity contribution in [3.05, 3.63) is 9.45 Å². The zero-order valence-electron chi connectivity index (χ0n) is 12.7. The predicted molar refractivity (Wildman–Crippen MR) is 87.8 cm³/mol. The quantitative estimate of drug-likeness (QED) is 0.286. The van der Waals surface area contributed by atoms with Gasteiger partial charge in [-0.15, -0.1) is 0 Å². The standard InChI is InChI=1S/C16H32Se2/c1-4-7-10-11-12-16(18-14-9-6-3)15-17-13-8-5-2/h15H,4-14H2,1-3H3/b16-15-. The summed E-state index contributed by atoms with van der Waals surface area (Å²) in [6.07, 6.45) is 12.7. The minimum atomic E-state index is 0.796. The van der Waals surface area contributed by atoms with Crippen molar-refractivity contribution in [1.29, 1.82) is 0 Å². The number of hydrogen-bond acceptors (Lipinski definition) is 0. The molecule has 0 amide bonds. The van der Waals surface area contributed by atoms with Crippen LogP contribution in [-0.2, 0) is 0 Å². The Kier molecular flexibility index (Phi) is 16.5. The van der Waals surface area contributed by atoms with Crippen LogP contribution in [0.15, 0.2) is 9.45 Å². The molecule has 0 saturated carbocycles. The molecule has 0 bridgehead atoms. The molecule has 0 aliphatic rings. The summed E-state index contributed by atoms with van der Waals surface area (Å²) in [7, 11) is 0. The molecule has 0 rings (SSSR count). The van der Waals surface area contributed by atoms with Crippen molar-refractivity contribution in [3.8, 4) is 0 Å². The van der Waals surface area contributed by atoms with E-state index in [2.05, 4.69) is 25.7 Å². The van der Waals surface area contributed by atoms with Gasteiger partial charge in [-0.1, -0.05) is 0 Å². The zero-order chi connectivity index (χ0) is 13.5. The molecule has 2 heteroatoms. The number of rotatable bonds is 13. The molecule has 0 fully saturated rings. The fraction of sp³-hybridized carbons (Fsp3) is 0.875. The molecule has 0 aromatic rings. The Morgan fingerprint density at radius 1 is 0.778 bits per heavy atom. The maximum absolute atomic E-state index is 2.66. The van der Waals surface area contributed by atoms with Gasteiger partial charge >= 0.3 is 129 Å². The van der Waals surface area contributed by atoms with Gasteiger partial charge in [0, 0.05) is 0 Å². The Labute approximate surface area is 128 Å². The van der Waals surface area contributed by atoms with Gasteiger partial charge in [-0.2, -0.15) is 0 Å². The van der Waals surface area contributed by atoms with Crippen LogP contribution in [0.1, 0.15) is 78.6 Å². The van der Waals surface area contributed by atoms with Gasteiger partial charge in [0.05, 0.1) is 0 Å². The summed E-state index contributed by atoms with van der Waals surface area (Å²) in [6, 6.07) is 0. The van der Waals surface area contributed by atoms with E-state index in [1.54, 1.807) is 0 Å². The summed E-state index contributed by atoms with van der Waals surface area (Å²) >= 11 is 1.61. The van der Waals surface area contributed by atoms with E-state index in [9.17, 15) is 0 Å². The number of hydrogen-bond donors (Lipinski definition) is 0. The molecule has 18 heavy (non-hydrogen) atoms. The molecule has 0 aliphatic heterocycles. The second-order valence-corrected chi connectivity index (χ2v) is 9.43. The van der Waals surface area contributed by atoms with Crippen molar-refractivity contribution < 1.29 is 0 Å². The Bertz CT molecular complexity index is 188. The molecule has 0 heterocycles. The van der Waals surface area contributed by atoms with E-state index in [-0.39, 0.29) is 0 Å². The Hall–Kier alpha value is 0.779. The summed E-state index contributed by atoms with van der Waals surface area (Å²) in [5.41, 5.74) is 0. The van der Waals surface area contributed by atoms with Gasteiger partial charge in [-0.05, 0) is 0 Å². The summed E-state index contributed by atoms with van der Waals surface area (Å²) in [4.78, 5) is 2.66. The fourth-order valence-corrected chi connectivity index (χ4v) is 7.15. The van der Waals surface area contributed by atoms with Crippen LogP contribution in [0.2, 0.25) is 10.6 Å². The predicted octanol–water partition coefficient (Wildman–Crippen LogP) is 5.64. The van der Waals surface area contributed by atoms with Crippen LogP contribution in [0.4, 0.5) is 0 Å². The van der Waals surface area contributed by atoms with Crippen molar-refractivity contribution in [2.24, 2.45) is 0 Å². The van der Waals surface area contributed by atoms with Gasteiger partial charge in [0.2, 0.25) is 0 Å². The zero-order valence-corrected chi connectivity index (χ0v) is 16.1. The van der Waals surface area contributed by atoms with Gasteiger partial charge in [0.1, 0.15) is 0 Å². The normalized spacial score (nSPS) is 12.1. The number of unbranched alkanes of at least 4 members (excludes halogenated alkanes) is 5. The monoisotopic (exact) mass is 384 g/mol. The van der Waals surface area contributed by atoms with Crippen LogP contribution in [0.5, 0.6) is 0 Å². The van der Waals surface area contributed by atoms with Crippen LogP contribution in [0.3, 0.4) is 0 Å². The number of allylic oxidation sites excluding steroid dienone is 1. The van der Waals surface area contributed by atoms with E-state index in [0.717, 1.165) is 29.9 Å². The van der Waals surface area contributed by atoms with E-state index in [1.165, 1.54) is 68.4 Å². The molecular formula is C16H32Se2. The van der Waals surface area contributed by atoms with Gasteiger partial charge in [-0.3, -0.25) is 0 Å².